The van der Waals surface area contributed by atoms with Gasteiger partial charge in [0.1, 0.15) is 11.5 Å². The van der Waals surface area contributed by atoms with Gasteiger partial charge in [-0.1, -0.05) is 11.2 Å². The van der Waals surface area contributed by atoms with Gasteiger partial charge in [0.15, 0.2) is 0 Å². The van der Waals surface area contributed by atoms with Gasteiger partial charge >= 0.3 is 0 Å². The van der Waals surface area contributed by atoms with Crippen LogP contribution in [-0.4, -0.2) is 10.1 Å². The minimum absolute atomic E-state index is 0.0612. The maximum Gasteiger partial charge on any atom is 0.281 e. The molecule has 6 nitrogen and oxygen atoms in total. The van der Waals surface area contributed by atoms with Crippen LogP contribution in [0.25, 0.3) is 21.7 Å². The maximum atomic E-state index is 13.2. The number of benzene rings is 1. The van der Waals surface area contributed by atoms with E-state index in [0.29, 0.717) is 5.56 Å². The second kappa shape index (κ2) is 4.98. The topological polar surface area (TPSA) is 95.2 Å². The summed E-state index contributed by atoms with van der Waals surface area (Å²) >= 11 is 1.40. The predicted octanol–water partition coefficient (Wildman–Crippen LogP) is 3.70. The van der Waals surface area contributed by atoms with Crippen molar-refractivity contribution < 1.29 is 13.8 Å². The highest BCUT2D eigenvalue weighted by molar-refractivity contribution is 7.13. The molecule has 0 saturated heterocycles. The van der Waals surface area contributed by atoms with Crippen LogP contribution in [0.1, 0.15) is 0 Å². The van der Waals surface area contributed by atoms with Gasteiger partial charge in [-0.15, -0.1) is 11.3 Å². The predicted molar refractivity (Wildman–Crippen MR) is 76.3 cm³/mol. The first kappa shape index (κ1) is 13.3. The van der Waals surface area contributed by atoms with Crippen molar-refractivity contribution >= 4 is 22.9 Å². The van der Waals surface area contributed by atoms with Gasteiger partial charge in [0.25, 0.3) is 5.69 Å². The SMILES string of the molecule is Nc1onc(-c2ccc(F)cc2[N+](=O)[O-])c1-c1cccs1. The summed E-state index contributed by atoms with van der Waals surface area (Å²) in [4.78, 5) is 11.2. The van der Waals surface area contributed by atoms with E-state index in [0.717, 1.165) is 17.0 Å². The lowest BCUT2D eigenvalue weighted by atomic mass is 10.0. The molecule has 3 aromatic rings. The molecule has 0 unspecified atom stereocenters. The van der Waals surface area contributed by atoms with Crippen LogP contribution in [0.2, 0.25) is 0 Å². The van der Waals surface area contributed by atoms with Crippen molar-refractivity contribution in [3.05, 3.63) is 51.6 Å². The molecule has 2 N–H and O–H groups in total. The third-order valence-electron chi connectivity index (χ3n) is 2.90. The van der Waals surface area contributed by atoms with Crippen LogP contribution < -0.4 is 5.73 Å². The monoisotopic (exact) mass is 305 g/mol. The van der Waals surface area contributed by atoms with Crippen molar-refractivity contribution in [1.29, 1.82) is 0 Å². The molecule has 0 atom stereocenters. The van der Waals surface area contributed by atoms with E-state index in [9.17, 15) is 14.5 Å². The zero-order valence-electron chi connectivity index (χ0n) is 10.4. The Balaban J connectivity index is 2.26. The van der Waals surface area contributed by atoms with Crippen molar-refractivity contribution in [1.82, 2.24) is 5.16 Å². The molecule has 0 bridgehead atoms. The largest absolute Gasteiger partial charge is 0.367 e. The van der Waals surface area contributed by atoms with Crippen LogP contribution in [-0.2, 0) is 0 Å². The van der Waals surface area contributed by atoms with Crippen molar-refractivity contribution in [2.24, 2.45) is 0 Å². The van der Waals surface area contributed by atoms with E-state index in [-0.39, 0.29) is 22.8 Å². The molecule has 0 amide bonds. The Morgan fingerprint density at radius 2 is 2.19 bits per heavy atom. The highest BCUT2D eigenvalue weighted by Gasteiger charge is 2.25. The van der Waals surface area contributed by atoms with Crippen molar-refractivity contribution in [3.8, 4) is 21.7 Å². The van der Waals surface area contributed by atoms with E-state index >= 15 is 0 Å². The third kappa shape index (κ3) is 2.25. The number of rotatable bonds is 3. The van der Waals surface area contributed by atoms with Crippen LogP contribution in [0.4, 0.5) is 16.0 Å². The second-order valence-electron chi connectivity index (χ2n) is 4.17. The zero-order chi connectivity index (χ0) is 15.0. The van der Waals surface area contributed by atoms with E-state index in [1.807, 2.05) is 11.4 Å². The molecule has 2 aromatic heterocycles. The quantitative estimate of drug-likeness (QED) is 0.588. The van der Waals surface area contributed by atoms with Crippen LogP contribution in [0.15, 0.2) is 40.2 Å². The van der Waals surface area contributed by atoms with Crippen LogP contribution >= 0.6 is 11.3 Å². The number of hydrogen-bond acceptors (Lipinski definition) is 6. The molecule has 2 heterocycles. The molecule has 0 aliphatic heterocycles. The Kier molecular flexibility index (Phi) is 3.15. The van der Waals surface area contributed by atoms with Crippen LogP contribution in [0, 0.1) is 15.9 Å². The molecule has 21 heavy (non-hydrogen) atoms. The van der Waals surface area contributed by atoms with Gasteiger partial charge in [-0.25, -0.2) is 4.39 Å². The molecule has 3 rings (SSSR count). The number of nitrogens with two attached hydrogens (primary N) is 1. The van der Waals surface area contributed by atoms with E-state index in [4.69, 9.17) is 10.3 Å². The Hall–Kier alpha value is -2.74. The summed E-state index contributed by atoms with van der Waals surface area (Å²) in [5.74, 6) is -0.634. The van der Waals surface area contributed by atoms with Crippen LogP contribution in [0.5, 0.6) is 0 Å². The van der Waals surface area contributed by atoms with Crippen molar-refractivity contribution in [2.75, 3.05) is 5.73 Å². The fourth-order valence-corrected chi connectivity index (χ4v) is 2.78. The highest BCUT2D eigenvalue weighted by Crippen LogP contribution is 2.41. The Labute approximate surface area is 121 Å². The highest BCUT2D eigenvalue weighted by atomic mass is 32.1. The second-order valence-corrected chi connectivity index (χ2v) is 5.11. The van der Waals surface area contributed by atoms with Gasteiger partial charge in [0.05, 0.1) is 22.1 Å². The van der Waals surface area contributed by atoms with Gasteiger partial charge in [0, 0.05) is 4.88 Å². The number of nitrogen functional groups attached to an aromatic ring is 1. The van der Waals surface area contributed by atoms with E-state index in [1.54, 1.807) is 6.07 Å². The minimum atomic E-state index is -0.695. The number of aromatic nitrogens is 1. The summed E-state index contributed by atoms with van der Waals surface area (Å²) in [6.45, 7) is 0. The number of nitrogens with zero attached hydrogens (tertiary/aromatic N) is 2. The average Bonchev–Trinajstić information content (AvgIpc) is 3.07. The molecule has 8 heteroatoms. The van der Waals surface area contributed by atoms with Crippen molar-refractivity contribution in [2.45, 2.75) is 0 Å². The molecule has 0 spiro atoms. The first-order chi connectivity index (χ1) is 10.1. The minimum Gasteiger partial charge on any atom is -0.367 e. The zero-order valence-corrected chi connectivity index (χ0v) is 11.3. The molecular weight excluding hydrogens is 297 g/mol. The van der Waals surface area contributed by atoms with E-state index < -0.39 is 10.7 Å². The van der Waals surface area contributed by atoms with Crippen LogP contribution in [0.3, 0.4) is 0 Å². The third-order valence-corrected chi connectivity index (χ3v) is 3.79. The molecule has 0 fully saturated rings. The smallest absolute Gasteiger partial charge is 0.281 e. The van der Waals surface area contributed by atoms with Crippen molar-refractivity contribution in [3.63, 3.8) is 0 Å². The number of thiophene rings is 1. The first-order valence-corrected chi connectivity index (χ1v) is 6.69. The molecule has 0 aliphatic rings. The summed E-state index contributed by atoms with van der Waals surface area (Å²) in [5, 5.41) is 16.7. The maximum absolute atomic E-state index is 13.2. The molecular formula is C13H8FN3O3S. The number of anilines is 1. The fourth-order valence-electron chi connectivity index (χ4n) is 2.00. The standard InChI is InChI=1S/C13H8FN3O3S/c14-7-3-4-8(9(6-7)17(18)19)12-11(13(15)20-16-12)10-2-1-5-21-10/h1-6H,15H2. The summed E-state index contributed by atoms with van der Waals surface area (Å²) in [6.07, 6.45) is 0. The lowest BCUT2D eigenvalue weighted by Crippen LogP contribution is -1.94. The van der Waals surface area contributed by atoms with Gasteiger partial charge < -0.3 is 10.3 Å². The molecule has 1 aromatic carbocycles. The molecule has 0 radical (unpaired) electrons. The Bertz CT molecular complexity index is 814. The normalized spacial score (nSPS) is 10.7. The number of hydrogen-bond donors (Lipinski definition) is 1. The van der Waals surface area contributed by atoms with Gasteiger partial charge in [0.2, 0.25) is 5.88 Å². The summed E-state index contributed by atoms with van der Waals surface area (Å²) < 4.78 is 18.2. The van der Waals surface area contributed by atoms with Gasteiger partial charge in [-0.2, -0.15) is 0 Å². The Morgan fingerprint density at radius 1 is 1.38 bits per heavy atom. The molecule has 0 aliphatic carbocycles. The summed E-state index contributed by atoms with van der Waals surface area (Å²) in [6, 6.07) is 6.88. The number of halogens is 1. The van der Waals surface area contributed by atoms with E-state index in [1.165, 1.54) is 17.4 Å². The number of nitro groups is 1. The van der Waals surface area contributed by atoms with Gasteiger partial charge in [-0.05, 0) is 23.6 Å². The van der Waals surface area contributed by atoms with Gasteiger partial charge in [-0.3, -0.25) is 10.1 Å². The van der Waals surface area contributed by atoms with E-state index in [2.05, 4.69) is 5.16 Å². The number of nitro benzene ring substituents is 1. The Morgan fingerprint density at radius 3 is 2.86 bits per heavy atom. The fraction of sp³-hybridized carbons (Fsp3) is 0. The molecule has 0 saturated carbocycles. The average molecular weight is 305 g/mol. The molecule has 106 valence electrons. The summed E-state index contributed by atoms with van der Waals surface area (Å²) in [5.41, 5.74) is 6.23. The first-order valence-electron chi connectivity index (χ1n) is 5.81. The lowest BCUT2D eigenvalue weighted by Gasteiger charge is -2.02. The lowest BCUT2D eigenvalue weighted by molar-refractivity contribution is -0.384. The summed E-state index contributed by atoms with van der Waals surface area (Å²) in [7, 11) is 0.